The summed E-state index contributed by atoms with van der Waals surface area (Å²) in [6.45, 7) is 31.0. The van der Waals surface area contributed by atoms with Crippen molar-refractivity contribution in [1.82, 2.24) is 9.88 Å². The van der Waals surface area contributed by atoms with E-state index in [-0.39, 0.29) is 11.7 Å². The van der Waals surface area contributed by atoms with Crippen molar-refractivity contribution < 1.29 is 4.39 Å². The molecule has 52 heavy (non-hydrogen) atoms. The van der Waals surface area contributed by atoms with Crippen molar-refractivity contribution in [3.05, 3.63) is 133 Å². The third-order valence-corrected chi connectivity index (χ3v) is 10.2. The molecule has 0 radical (unpaired) electrons. The number of benzene rings is 3. The van der Waals surface area contributed by atoms with Crippen LogP contribution in [0.5, 0.6) is 0 Å². The zero-order valence-electron chi connectivity index (χ0n) is 33.1. The number of rotatable bonds is 21. The number of allylic oxidation sites excluding steroid dienone is 2. The number of para-hydroxylation sites is 1. The van der Waals surface area contributed by atoms with Gasteiger partial charge in [-0.05, 0) is 123 Å². The second-order valence-electron chi connectivity index (χ2n) is 16.0. The summed E-state index contributed by atoms with van der Waals surface area (Å²) >= 11 is 0. The molecule has 4 rings (SSSR count). The lowest BCUT2D eigenvalue weighted by atomic mass is 9.90. The Labute approximate surface area is 315 Å². The summed E-state index contributed by atoms with van der Waals surface area (Å²) in [5.74, 6) is 2.40. The van der Waals surface area contributed by atoms with Gasteiger partial charge in [0.05, 0.1) is 5.69 Å². The molecule has 1 heterocycles. The highest BCUT2D eigenvalue weighted by molar-refractivity contribution is 5.95. The molecule has 1 aromatic heterocycles. The average Bonchev–Trinajstić information content (AvgIpc) is 3.43. The predicted molar refractivity (Wildman–Crippen MR) is 225 cm³/mol. The van der Waals surface area contributed by atoms with Crippen molar-refractivity contribution in [3.8, 4) is 22.4 Å². The number of nitrogens with one attached hydrogen (secondary N) is 2. The van der Waals surface area contributed by atoms with E-state index in [0.29, 0.717) is 23.7 Å². The van der Waals surface area contributed by atoms with Crippen molar-refractivity contribution >= 4 is 11.4 Å². The molecule has 0 saturated heterocycles. The normalized spacial score (nSPS) is 13.7. The van der Waals surface area contributed by atoms with Gasteiger partial charge in [-0.2, -0.15) is 0 Å². The van der Waals surface area contributed by atoms with Gasteiger partial charge in [-0.25, -0.2) is 4.39 Å². The van der Waals surface area contributed by atoms with Crippen LogP contribution in [0.15, 0.2) is 116 Å². The summed E-state index contributed by atoms with van der Waals surface area (Å²) < 4.78 is 16.8. The van der Waals surface area contributed by atoms with Crippen LogP contribution in [0.25, 0.3) is 28.1 Å². The Morgan fingerprint density at radius 2 is 1.27 bits per heavy atom. The molecule has 0 amide bonds. The number of hydrogen-bond donors (Lipinski definition) is 2. The van der Waals surface area contributed by atoms with Crippen LogP contribution < -0.4 is 10.6 Å². The molecule has 4 heteroatoms. The van der Waals surface area contributed by atoms with Crippen molar-refractivity contribution in [1.29, 1.82) is 0 Å². The molecule has 2 N–H and O–H groups in total. The minimum absolute atomic E-state index is 0.224. The van der Waals surface area contributed by atoms with Crippen molar-refractivity contribution in [2.75, 3.05) is 11.9 Å². The van der Waals surface area contributed by atoms with E-state index in [2.05, 4.69) is 126 Å². The lowest BCUT2D eigenvalue weighted by molar-refractivity contribution is 0.365. The molecule has 0 aliphatic carbocycles. The fraction of sp³-hybridized carbons (Fsp3) is 0.417. The first-order chi connectivity index (χ1) is 24.8. The molecule has 4 aromatic rings. The Morgan fingerprint density at radius 1 is 0.692 bits per heavy atom. The van der Waals surface area contributed by atoms with Crippen LogP contribution in [0.1, 0.15) is 104 Å². The summed E-state index contributed by atoms with van der Waals surface area (Å²) in [7, 11) is 0. The Bertz CT molecular complexity index is 1730. The SMILES string of the molecule is C=C(C)C[C@H](C)C[C@H](C)CCNC(=C)C[C@H](C)C[C@H](C)CCn1c(-c2ccc(F)cc2)c(-c2ccccc2)c(C(=C)Nc2ccccc2)c1C(C)C. The van der Waals surface area contributed by atoms with Crippen LogP contribution in [0.2, 0.25) is 0 Å². The lowest BCUT2D eigenvalue weighted by Crippen LogP contribution is -2.19. The van der Waals surface area contributed by atoms with Gasteiger partial charge >= 0.3 is 0 Å². The van der Waals surface area contributed by atoms with Gasteiger partial charge in [-0.15, -0.1) is 6.58 Å². The van der Waals surface area contributed by atoms with E-state index in [4.69, 9.17) is 0 Å². The second kappa shape index (κ2) is 19.5. The van der Waals surface area contributed by atoms with Crippen LogP contribution in [0, 0.1) is 29.5 Å². The number of nitrogens with zero attached hydrogens (tertiary/aromatic N) is 1. The van der Waals surface area contributed by atoms with Crippen LogP contribution in [-0.2, 0) is 6.54 Å². The number of halogens is 1. The summed E-state index contributed by atoms with van der Waals surface area (Å²) in [6.07, 6.45) is 6.66. The molecule has 0 aliphatic rings. The molecular formula is C48H64FN3. The first-order valence-electron chi connectivity index (χ1n) is 19.5. The molecule has 0 unspecified atom stereocenters. The van der Waals surface area contributed by atoms with E-state index in [1.165, 1.54) is 17.7 Å². The molecule has 4 atom stereocenters. The molecule has 0 spiro atoms. The number of anilines is 1. The summed E-state index contributed by atoms with van der Waals surface area (Å²) in [5, 5.41) is 7.26. The monoisotopic (exact) mass is 702 g/mol. The molecule has 278 valence electrons. The van der Waals surface area contributed by atoms with Crippen LogP contribution in [0.4, 0.5) is 10.1 Å². The number of hydrogen-bond acceptors (Lipinski definition) is 2. The second-order valence-corrected chi connectivity index (χ2v) is 16.0. The van der Waals surface area contributed by atoms with E-state index in [9.17, 15) is 4.39 Å². The van der Waals surface area contributed by atoms with E-state index >= 15 is 0 Å². The zero-order chi connectivity index (χ0) is 37.8. The van der Waals surface area contributed by atoms with Gasteiger partial charge in [0.1, 0.15) is 5.82 Å². The lowest BCUT2D eigenvalue weighted by Gasteiger charge is -2.22. The van der Waals surface area contributed by atoms with Gasteiger partial charge < -0.3 is 15.2 Å². The predicted octanol–water partition coefficient (Wildman–Crippen LogP) is 13.7. The van der Waals surface area contributed by atoms with Crippen molar-refractivity contribution in [3.63, 3.8) is 0 Å². The fourth-order valence-corrected chi connectivity index (χ4v) is 8.04. The highest BCUT2D eigenvalue weighted by atomic mass is 19.1. The molecule has 0 fully saturated rings. The molecule has 0 bridgehead atoms. The molecule has 0 aliphatic heterocycles. The van der Waals surface area contributed by atoms with Crippen LogP contribution >= 0.6 is 0 Å². The van der Waals surface area contributed by atoms with E-state index in [0.717, 1.165) is 90.2 Å². The molecule has 3 aromatic carbocycles. The highest BCUT2D eigenvalue weighted by Crippen LogP contribution is 2.45. The van der Waals surface area contributed by atoms with Gasteiger partial charge in [0.25, 0.3) is 0 Å². The summed E-state index contributed by atoms with van der Waals surface area (Å²) in [4.78, 5) is 0. The first-order valence-corrected chi connectivity index (χ1v) is 19.5. The van der Waals surface area contributed by atoms with Crippen LogP contribution in [-0.4, -0.2) is 11.1 Å². The number of aromatic nitrogens is 1. The third-order valence-electron chi connectivity index (χ3n) is 10.2. The third kappa shape index (κ3) is 11.6. The maximum Gasteiger partial charge on any atom is 0.123 e. The van der Waals surface area contributed by atoms with Crippen molar-refractivity contribution in [2.45, 2.75) is 99.5 Å². The smallest absolute Gasteiger partial charge is 0.123 e. The maximum atomic E-state index is 14.3. The first kappa shape index (κ1) is 40.5. The maximum absolute atomic E-state index is 14.3. The average molecular weight is 702 g/mol. The fourth-order valence-electron chi connectivity index (χ4n) is 8.04. The Kier molecular flexibility index (Phi) is 15.2. The minimum Gasteiger partial charge on any atom is -0.389 e. The van der Waals surface area contributed by atoms with Gasteiger partial charge in [-0.3, -0.25) is 0 Å². The van der Waals surface area contributed by atoms with E-state index in [1.54, 1.807) is 12.1 Å². The Balaban J connectivity index is 1.55. The molecular weight excluding hydrogens is 638 g/mol. The topological polar surface area (TPSA) is 29.0 Å². The van der Waals surface area contributed by atoms with Gasteiger partial charge in [0.2, 0.25) is 0 Å². The van der Waals surface area contributed by atoms with Gasteiger partial charge in [0, 0.05) is 47.0 Å². The largest absolute Gasteiger partial charge is 0.389 e. The minimum atomic E-state index is -0.232. The van der Waals surface area contributed by atoms with Crippen molar-refractivity contribution in [2.24, 2.45) is 23.7 Å². The quantitative estimate of drug-likeness (QED) is 0.0847. The Morgan fingerprint density at radius 3 is 1.87 bits per heavy atom. The van der Waals surface area contributed by atoms with Gasteiger partial charge in [0.15, 0.2) is 0 Å². The molecule has 3 nitrogen and oxygen atoms in total. The van der Waals surface area contributed by atoms with Crippen LogP contribution in [0.3, 0.4) is 0 Å². The summed E-state index contributed by atoms with van der Waals surface area (Å²) in [6, 6.07) is 27.8. The Hall–Kier alpha value is -4.31. The van der Waals surface area contributed by atoms with E-state index in [1.807, 2.05) is 30.3 Å². The standard InChI is InChI=1S/C48H64FN3/c1-33(2)29-37(7)30-35(5)25-27-50-39(9)32-38(8)31-36(6)26-28-52-47(34(3)4)45(40(10)51-44-19-15-12-16-20-44)46(41-17-13-11-14-18-41)48(52)42-21-23-43(49)24-22-42/h11-24,34-38,50-51H,1,9-10,25-32H2,2-8H3/t35-,36-,37+,38-/m1/s1. The highest BCUT2D eigenvalue weighted by Gasteiger charge is 2.28. The van der Waals surface area contributed by atoms with Gasteiger partial charge in [-0.1, -0.05) is 109 Å². The summed E-state index contributed by atoms with van der Waals surface area (Å²) in [5.41, 5.74) is 11.0. The van der Waals surface area contributed by atoms with E-state index < -0.39 is 0 Å². The zero-order valence-corrected chi connectivity index (χ0v) is 33.1. The molecule has 0 saturated carbocycles.